The Kier molecular flexibility index (Phi) is 2.63. The number of aromatic nitrogens is 2. The van der Waals surface area contributed by atoms with Gasteiger partial charge in [-0.15, -0.1) is 0 Å². The standard InChI is InChI=1S/C14H19N3/c1-11-15-13-5-3-4-6-14(13)17(11)12-7-9-16(2)10-8-12/h3-6,12,16H,2,7-10H2,1H3. The third-order valence-electron chi connectivity index (χ3n) is 3.80. The molecule has 0 spiro atoms. The van der Waals surface area contributed by atoms with Crippen molar-refractivity contribution in [2.75, 3.05) is 13.1 Å². The number of benzene rings is 1. The molecule has 0 saturated carbocycles. The molecule has 0 atom stereocenters. The van der Waals surface area contributed by atoms with Crippen molar-refractivity contribution in [1.29, 1.82) is 0 Å². The van der Waals surface area contributed by atoms with E-state index >= 15 is 0 Å². The lowest BCUT2D eigenvalue weighted by Crippen LogP contribution is -3.08. The third kappa shape index (κ3) is 1.84. The van der Waals surface area contributed by atoms with E-state index < -0.39 is 0 Å². The number of likely N-dealkylation sites (tertiary alicyclic amines) is 1. The minimum atomic E-state index is 0.605. The molecule has 2 heterocycles. The van der Waals surface area contributed by atoms with Gasteiger partial charge in [-0.05, 0) is 19.1 Å². The van der Waals surface area contributed by atoms with E-state index in [1.54, 1.807) is 0 Å². The summed E-state index contributed by atoms with van der Waals surface area (Å²) >= 11 is 0. The minimum absolute atomic E-state index is 0.605. The van der Waals surface area contributed by atoms with Crippen molar-refractivity contribution >= 4 is 11.0 Å². The van der Waals surface area contributed by atoms with Crippen molar-refractivity contribution in [1.82, 2.24) is 9.55 Å². The van der Waals surface area contributed by atoms with Crippen LogP contribution in [0.4, 0.5) is 0 Å². The molecule has 90 valence electrons. The van der Waals surface area contributed by atoms with Crippen molar-refractivity contribution < 1.29 is 4.90 Å². The number of quaternary nitrogens is 1. The van der Waals surface area contributed by atoms with Crippen LogP contribution in [-0.4, -0.2) is 22.6 Å². The minimum Gasteiger partial charge on any atom is -0.468 e. The van der Waals surface area contributed by atoms with Gasteiger partial charge in [0.1, 0.15) is 5.82 Å². The molecule has 0 aliphatic carbocycles. The van der Waals surface area contributed by atoms with Gasteiger partial charge in [-0.25, -0.2) is 4.98 Å². The van der Waals surface area contributed by atoms with E-state index in [0.717, 1.165) is 24.4 Å². The fraction of sp³-hybridized carbons (Fsp3) is 0.429. The second-order valence-electron chi connectivity index (χ2n) is 5.00. The van der Waals surface area contributed by atoms with Gasteiger partial charge in [-0.3, -0.25) is 0 Å². The molecule has 1 saturated heterocycles. The Morgan fingerprint density at radius 1 is 1.29 bits per heavy atom. The Morgan fingerprint density at radius 3 is 2.76 bits per heavy atom. The molecule has 0 amide bonds. The summed E-state index contributed by atoms with van der Waals surface area (Å²) in [6, 6.07) is 9.04. The van der Waals surface area contributed by atoms with Crippen molar-refractivity contribution in [2.24, 2.45) is 0 Å². The molecule has 3 rings (SSSR count). The first-order chi connectivity index (χ1) is 8.25. The Hall–Kier alpha value is -1.35. The zero-order valence-corrected chi connectivity index (χ0v) is 10.3. The fourth-order valence-corrected chi connectivity index (χ4v) is 2.89. The highest BCUT2D eigenvalue weighted by Gasteiger charge is 2.21. The molecule has 1 aromatic carbocycles. The first-order valence-electron chi connectivity index (χ1n) is 6.36. The van der Waals surface area contributed by atoms with Gasteiger partial charge in [0, 0.05) is 18.9 Å². The van der Waals surface area contributed by atoms with Crippen LogP contribution in [0.25, 0.3) is 11.0 Å². The fourth-order valence-electron chi connectivity index (χ4n) is 2.89. The Labute approximate surface area is 102 Å². The number of aryl methyl sites for hydroxylation is 1. The topological polar surface area (TPSA) is 22.3 Å². The van der Waals surface area contributed by atoms with Crippen LogP contribution in [-0.2, 0) is 0 Å². The largest absolute Gasteiger partial charge is 0.468 e. The second-order valence-corrected chi connectivity index (χ2v) is 5.00. The van der Waals surface area contributed by atoms with E-state index in [1.807, 2.05) is 0 Å². The first kappa shape index (κ1) is 10.8. The van der Waals surface area contributed by atoms with Gasteiger partial charge in [-0.2, -0.15) is 7.05 Å². The molecule has 1 aromatic heterocycles. The predicted molar refractivity (Wildman–Crippen MR) is 68.8 cm³/mol. The van der Waals surface area contributed by atoms with E-state index in [4.69, 9.17) is 0 Å². The second kappa shape index (κ2) is 4.15. The van der Waals surface area contributed by atoms with Gasteiger partial charge in [0.2, 0.25) is 0 Å². The normalized spacial score (nSPS) is 25.3. The maximum Gasteiger partial charge on any atom is 0.106 e. The summed E-state index contributed by atoms with van der Waals surface area (Å²) in [6.45, 7) is 4.44. The lowest BCUT2D eigenvalue weighted by Gasteiger charge is -2.32. The van der Waals surface area contributed by atoms with Crippen molar-refractivity contribution in [2.45, 2.75) is 25.8 Å². The number of piperidine rings is 1. The van der Waals surface area contributed by atoms with Gasteiger partial charge in [0.15, 0.2) is 0 Å². The van der Waals surface area contributed by atoms with Crippen LogP contribution >= 0.6 is 0 Å². The number of nitrogens with zero attached hydrogens (tertiary/aromatic N) is 2. The summed E-state index contributed by atoms with van der Waals surface area (Å²) in [6.07, 6.45) is 2.42. The van der Waals surface area contributed by atoms with Gasteiger partial charge in [0.25, 0.3) is 0 Å². The van der Waals surface area contributed by atoms with Crippen LogP contribution < -0.4 is 4.90 Å². The smallest absolute Gasteiger partial charge is 0.106 e. The van der Waals surface area contributed by atoms with E-state index in [2.05, 4.69) is 47.8 Å². The average molecular weight is 229 g/mol. The van der Waals surface area contributed by atoms with Crippen molar-refractivity contribution in [3.8, 4) is 0 Å². The maximum atomic E-state index is 4.65. The summed E-state index contributed by atoms with van der Waals surface area (Å²) in [7, 11) is 4.09. The van der Waals surface area contributed by atoms with Crippen LogP contribution in [0.1, 0.15) is 24.7 Å². The maximum absolute atomic E-state index is 4.65. The highest BCUT2D eigenvalue weighted by molar-refractivity contribution is 5.76. The molecular weight excluding hydrogens is 210 g/mol. The molecule has 0 bridgehead atoms. The van der Waals surface area contributed by atoms with Crippen LogP contribution in [0, 0.1) is 14.0 Å². The number of rotatable bonds is 1. The molecular formula is C14H19N3. The molecule has 0 radical (unpaired) electrons. The summed E-state index contributed by atoms with van der Waals surface area (Å²) in [5, 5.41) is 0. The highest BCUT2D eigenvalue weighted by Crippen LogP contribution is 2.25. The molecule has 1 aliphatic rings. The van der Waals surface area contributed by atoms with E-state index in [1.165, 1.54) is 23.3 Å². The monoisotopic (exact) mass is 229 g/mol. The molecule has 0 unspecified atom stereocenters. The SMILES string of the molecule is [CH2-][NH+]1CCC(n2c(C)nc3ccccc32)CC1. The van der Waals surface area contributed by atoms with Crippen LogP contribution in [0.5, 0.6) is 0 Å². The Balaban J connectivity index is 2.02. The number of imidazole rings is 1. The van der Waals surface area contributed by atoms with E-state index in [0.29, 0.717) is 6.04 Å². The number of nitrogens with one attached hydrogen (secondary N) is 1. The third-order valence-corrected chi connectivity index (χ3v) is 3.80. The van der Waals surface area contributed by atoms with Crippen LogP contribution in [0.2, 0.25) is 0 Å². The zero-order valence-electron chi connectivity index (χ0n) is 10.3. The molecule has 1 fully saturated rings. The van der Waals surface area contributed by atoms with Gasteiger partial charge in [0.05, 0.1) is 24.1 Å². The lowest BCUT2D eigenvalue weighted by atomic mass is 10.0. The molecule has 1 N–H and O–H groups in total. The average Bonchev–Trinajstić information content (AvgIpc) is 2.66. The molecule has 17 heavy (non-hydrogen) atoms. The van der Waals surface area contributed by atoms with E-state index in [-0.39, 0.29) is 0 Å². The number of hydrogen-bond donors (Lipinski definition) is 1. The molecule has 3 nitrogen and oxygen atoms in total. The highest BCUT2D eigenvalue weighted by atomic mass is 15.2. The van der Waals surface area contributed by atoms with Crippen molar-refractivity contribution in [3.05, 3.63) is 37.1 Å². The van der Waals surface area contributed by atoms with Gasteiger partial charge >= 0.3 is 0 Å². The van der Waals surface area contributed by atoms with Crippen LogP contribution in [0.3, 0.4) is 0 Å². The summed E-state index contributed by atoms with van der Waals surface area (Å²) in [5.74, 6) is 1.14. The van der Waals surface area contributed by atoms with Crippen molar-refractivity contribution in [3.63, 3.8) is 0 Å². The Bertz CT molecular complexity index is 521. The first-order valence-corrected chi connectivity index (χ1v) is 6.36. The molecule has 2 aromatic rings. The van der Waals surface area contributed by atoms with Gasteiger partial charge in [-0.1, -0.05) is 12.1 Å². The number of para-hydroxylation sites is 2. The number of hydrogen-bond acceptors (Lipinski definition) is 1. The summed E-state index contributed by atoms with van der Waals surface area (Å²) in [5.41, 5.74) is 2.40. The summed E-state index contributed by atoms with van der Waals surface area (Å²) < 4.78 is 2.42. The van der Waals surface area contributed by atoms with Gasteiger partial charge < -0.3 is 9.47 Å². The summed E-state index contributed by atoms with van der Waals surface area (Å²) in [4.78, 5) is 6.05. The Morgan fingerprint density at radius 2 is 2.00 bits per heavy atom. The lowest BCUT2D eigenvalue weighted by molar-refractivity contribution is -0.860. The molecule has 3 heteroatoms. The van der Waals surface area contributed by atoms with Crippen LogP contribution in [0.15, 0.2) is 24.3 Å². The molecule has 1 aliphatic heterocycles. The number of fused-ring (bicyclic) bond motifs is 1. The van der Waals surface area contributed by atoms with E-state index in [9.17, 15) is 0 Å². The predicted octanol–water partition coefficient (Wildman–Crippen LogP) is 1.36. The quantitative estimate of drug-likeness (QED) is 0.733. The zero-order chi connectivity index (χ0) is 11.8.